The minimum Gasteiger partial charge on any atom is -0.480 e. The standard InChI is InChI=1S/C8H7BrN2OS/c1-12-7-6-2-5(3-9)13-8(6)11-4-10-7/h2,4H,3H2,1H3. The summed E-state index contributed by atoms with van der Waals surface area (Å²) in [7, 11) is 1.62. The Labute approximate surface area is 87.9 Å². The maximum absolute atomic E-state index is 5.13. The molecule has 0 saturated carbocycles. The van der Waals surface area contributed by atoms with Gasteiger partial charge in [0.1, 0.15) is 11.2 Å². The highest BCUT2D eigenvalue weighted by Crippen LogP contribution is 2.30. The largest absolute Gasteiger partial charge is 0.480 e. The Morgan fingerprint density at radius 1 is 1.54 bits per heavy atom. The molecular formula is C8H7BrN2OS. The van der Waals surface area contributed by atoms with Crippen molar-refractivity contribution in [2.75, 3.05) is 7.11 Å². The van der Waals surface area contributed by atoms with Crippen LogP contribution in [0.4, 0.5) is 0 Å². The maximum Gasteiger partial charge on any atom is 0.225 e. The first-order valence-corrected chi connectivity index (χ1v) is 5.62. The summed E-state index contributed by atoms with van der Waals surface area (Å²) in [5.41, 5.74) is 0. The molecule has 0 aliphatic heterocycles. The number of thiophene rings is 1. The van der Waals surface area contributed by atoms with E-state index in [1.807, 2.05) is 6.07 Å². The van der Waals surface area contributed by atoms with Gasteiger partial charge in [-0.05, 0) is 6.07 Å². The van der Waals surface area contributed by atoms with Crippen molar-refractivity contribution >= 4 is 37.5 Å². The van der Waals surface area contributed by atoms with E-state index in [1.165, 1.54) is 11.2 Å². The van der Waals surface area contributed by atoms with Gasteiger partial charge >= 0.3 is 0 Å². The molecule has 2 rings (SSSR count). The van der Waals surface area contributed by atoms with Crippen molar-refractivity contribution in [3.8, 4) is 5.88 Å². The first-order valence-electron chi connectivity index (χ1n) is 3.68. The molecule has 2 aromatic rings. The van der Waals surface area contributed by atoms with E-state index in [0.717, 1.165) is 15.5 Å². The Morgan fingerprint density at radius 3 is 3.08 bits per heavy atom. The summed E-state index contributed by atoms with van der Waals surface area (Å²) in [6, 6.07) is 2.05. The molecule has 0 bridgehead atoms. The van der Waals surface area contributed by atoms with Gasteiger partial charge in [-0.25, -0.2) is 9.97 Å². The van der Waals surface area contributed by atoms with Crippen LogP contribution in [0.5, 0.6) is 5.88 Å². The van der Waals surface area contributed by atoms with Crippen LogP contribution in [0.2, 0.25) is 0 Å². The second-order valence-corrected chi connectivity index (χ2v) is 4.12. The van der Waals surface area contributed by atoms with Crippen LogP contribution in [0.3, 0.4) is 0 Å². The molecule has 0 atom stereocenters. The molecule has 13 heavy (non-hydrogen) atoms. The summed E-state index contributed by atoms with van der Waals surface area (Å²) in [4.78, 5) is 10.4. The summed E-state index contributed by atoms with van der Waals surface area (Å²) in [6.07, 6.45) is 1.52. The number of nitrogens with zero attached hydrogens (tertiary/aromatic N) is 2. The first kappa shape index (κ1) is 8.90. The second kappa shape index (κ2) is 3.59. The van der Waals surface area contributed by atoms with Crippen LogP contribution < -0.4 is 4.74 Å². The summed E-state index contributed by atoms with van der Waals surface area (Å²) in [5, 5.41) is 1.83. The Hall–Kier alpha value is -0.680. The number of halogens is 1. The van der Waals surface area contributed by atoms with Crippen molar-refractivity contribution in [1.29, 1.82) is 0 Å². The van der Waals surface area contributed by atoms with Crippen molar-refractivity contribution in [1.82, 2.24) is 9.97 Å². The minimum absolute atomic E-state index is 0.647. The summed E-state index contributed by atoms with van der Waals surface area (Å²) < 4.78 is 5.13. The lowest BCUT2D eigenvalue weighted by Gasteiger charge is -1.96. The van der Waals surface area contributed by atoms with E-state index in [0.29, 0.717) is 5.88 Å². The predicted molar refractivity (Wildman–Crippen MR) is 56.6 cm³/mol. The number of rotatable bonds is 2. The zero-order chi connectivity index (χ0) is 9.26. The molecule has 0 unspecified atom stereocenters. The van der Waals surface area contributed by atoms with Crippen molar-refractivity contribution in [2.45, 2.75) is 5.33 Å². The van der Waals surface area contributed by atoms with Gasteiger partial charge in [-0.1, -0.05) is 15.9 Å². The molecule has 0 fully saturated rings. The van der Waals surface area contributed by atoms with Gasteiger partial charge in [-0.15, -0.1) is 11.3 Å². The lowest BCUT2D eigenvalue weighted by molar-refractivity contribution is 0.403. The number of fused-ring (bicyclic) bond motifs is 1. The van der Waals surface area contributed by atoms with Crippen molar-refractivity contribution in [2.24, 2.45) is 0 Å². The van der Waals surface area contributed by atoms with Gasteiger partial charge in [0.05, 0.1) is 12.5 Å². The number of hydrogen-bond acceptors (Lipinski definition) is 4. The number of hydrogen-bond donors (Lipinski definition) is 0. The molecule has 2 aromatic heterocycles. The molecule has 3 nitrogen and oxygen atoms in total. The van der Waals surface area contributed by atoms with Gasteiger partial charge in [0.15, 0.2) is 0 Å². The lowest BCUT2D eigenvalue weighted by atomic mass is 10.4. The fourth-order valence-electron chi connectivity index (χ4n) is 1.11. The maximum atomic E-state index is 5.13. The van der Waals surface area contributed by atoms with Gasteiger partial charge in [0, 0.05) is 10.2 Å². The highest BCUT2D eigenvalue weighted by atomic mass is 79.9. The van der Waals surface area contributed by atoms with E-state index < -0.39 is 0 Å². The number of methoxy groups -OCH3 is 1. The average Bonchev–Trinajstić information content (AvgIpc) is 2.59. The Balaban J connectivity index is 2.67. The number of alkyl halides is 1. The quantitative estimate of drug-likeness (QED) is 0.777. The Bertz CT molecular complexity index is 429. The zero-order valence-electron chi connectivity index (χ0n) is 6.95. The van der Waals surface area contributed by atoms with Gasteiger partial charge in [0.25, 0.3) is 0 Å². The van der Waals surface area contributed by atoms with E-state index in [1.54, 1.807) is 18.4 Å². The van der Waals surface area contributed by atoms with Gasteiger partial charge in [0.2, 0.25) is 5.88 Å². The molecule has 0 aliphatic rings. The minimum atomic E-state index is 0.647. The molecule has 68 valence electrons. The van der Waals surface area contributed by atoms with Gasteiger partial charge in [-0.2, -0.15) is 0 Å². The van der Waals surface area contributed by atoms with E-state index in [9.17, 15) is 0 Å². The average molecular weight is 259 g/mol. The SMILES string of the molecule is COc1ncnc2sc(CBr)cc12. The summed E-state index contributed by atoms with van der Waals surface area (Å²) in [6.45, 7) is 0. The normalized spacial score (nSPS) is 10.6. The third-order valence-electron chi connectivity index (χ3n) is 1.67. The van der Waals surface area contributed by atoms with E-state index >= 15 is 0 Å². The van der Waals surface area contributed by atoms with Crippen LogP contribution in [0.25, 0.3) is 10.2 Å². The summed E-state index contributed by atoms with van der Waals surface area (Å²) in [5.74, 6) is 0.647. The Kier molecular flexibility index (Phi) is 2.46. The highest BCUT2D eigenvalue weighted by molar-refractivity contribution is 9.08. The van der Waals surface area contributed by atoms with E-state index in [2.05, 4.69) is 25.9 Å². The molecule has 0 aromatic carbocycles. The highest BCUT2D eigenvalue weighted by Gasteiger charge is 2.07. The lowest BCUT2D eigenvalue weighted by Crippen LogP contribution is -1.87. The number of aromatic nitrogens is 2. The summed E-state index contributed by atoms with van der Waals surface area (Å²) >= 11 is 5.05. The molecule has 0 saturated heterocycles. The predicted octanol–water partition coefficient (Wildman–Crippen LogP) is 2.59. The fourth-order valence-corrected chi connectivity index (χ4v) is 2.45. The van der Waals surface area contributed by atoms with Gasteiger partial charge < -0.3 is 4.74 Å². The van der Waals surface area contributed by atoms with E-state index in [-0.39, 0.29) is 0 Å². The van der Waals surface area contributed by atoms with Crippen LogP contribution in [-0.4, -0.2) is 17.1 Å². The van der Waals surface area contributed by atoms with Crippen LogP contribution in [0, 0.1) is 0 Å². The van der Waals surface area contributed by atoms with Crippen molar-refractivity contribution in [3.63, 3.8) is 0 Å². The molecule has 0 amide bonds. The molecule has 2 heterocycles. The van der Waals surface area contributed by atoms with Crippen LogP contribution >= 0.6 is 27.3 Å². The van der Waals surface area contributed by atoms with Crippen LogP contribution in [0.1, 0.15) is 4.88 Å². The number of ether oxygens (including phenoxy) is 1. The zero-order valence-corrected chi connectivity index (χ0v) is 9.35. The van der Waals surface area contributed by atoms with E-state index in [4.69, 9.17) is 4.74 Å². The van der Waals surface area contributed by atoms with Crippen molar-refractivity contribution in [3.05, 3.63) is 17.3 Å². The molecule has 0 radical (unpaired) electrons. The van der Waals surface area contributed by atoms with Crippen LogP contribution in [0.15, 0.2) is 12.4 Å². The topological polar surface area (TPSA) is 35.0 Å². The Morgan fingerprint density at radius 2 is 2.38 bits per heavy atom. The molecule has 5 heteroatoms. The monoisotopic (exact) mass is 258 g/mol. The smallest absolute Gasteiger partial charge is 0.225 e. The van der Waals surface area contributed by atoms with Gasteiger partial charge in [-0.3, -0.25) is 0 Å². The second-order valence-electron chi connectivity index (χ2n) is 2.45. The third kappa shape index (κ3) is 1.53. The molecule has 0 aliphatic carbocycles. The first-order chi connectivity index (χ1) is 6.35. The third-order valence-corrected chi connectivity index (χ3v) is 3.69. The molecular weight excluding hydrogens is 252 g/mol. The van der Waals surface area contributed by atoms with Crippen molar-refractivity contribution < 1.29 is 4.74 Å². The fraction of sp³-hybridized carbons (Fsp3) is 0.250. The van der Waals surface area contributed by atoms with Crippen LogP contribution in [-0.2, 0) is 5.33 Å². The molecule has 0 spiro atoms. The molecule has 0 N–H and O–H groups in total.